The van der Waals surface area contributed by atoms with Gasteiger partial charge in [-0.2, -0.15) is 0 Å². The van der Waals surface area contributed by atoms with Crippen LogP contribution in [0.1, 0.15) is 42.4 Å². The van der Waals surface area contributed by atoms with Crippen molar-refractivity contribution in [3.05, 3.63) is 33.8 Å². The highest BCUT2D eigenvalue weighted by molar-refractivity contribution is 6.32. The summed E-state index contributed by atoms with van der Waals surface area (Å²) in [6.45, 7) is 4.92. The van der Waals surface area contributed by atoms with Gasteiger partial charge in [0.15, 0.2) is 0 Å². The van der Waals surface area contributed by atoms with Crippen LogP contribution in [0.5, 0.6) is 0 Å². The molecule has 0 saturated heterocycles. The van der Waals surface area contributed by atoms with E-state index in [-0.39, 0.29) is 5.41 Å². The molecule has 1 aliphatic rings. The minimum atomic E-state index is 0.222. The van der Waals surface area contributed by atoms with Crippen LogP contribution in [0.25, 0.3) is 0 Å². The van der Waals surface area contributed by atoms with E-state index in [1.54, 1.807) is 0 Å². The quantitative estimate of drug-likeness (QED) is 0.834. The van der Waals surface area contributed by atoms with Crippen LogP contribution >= 0.6 is 11.6 Å². The SMILES string of the molecule is Cc1cc(C2(CN)CCCC2)cc(C)c1Cl. The van der Waals surface area contributed by atoms with Gasteiger partial charge in [-0.1, -0.05) is 36.6 Å². The second kappa shape index (κ2) is 4.38. The zero-order valence-corrected chi connectivity index (χ0v) is 10.9. The molecule has 0 bridgehead atoms. The lowest BCUT2D eigenvalue weighted by Crippen LogP contribution is -2.32. The van der Waals surface area contributed by atoms with Crippen LogP contribution < -0.4 is 5.73 Å². The van der Waals surface area contributed by atoms with Gasteiger partial charge in [0.25, 0.3) is 0 Å². The van der Waals surface area contributed by atoms with Gasteiger partial charge in [0.05, 0.1) is 0 Å². The van der Waals surface area contributed by atoms with E-state index in [4.69, 9.17) is 17.3 Å². The van der Waals surface area contributed by atoms with Crippen molar-refractivity contribution in [3.63, 3.8) is 0 Å². The topological polar surface area (TPSA) is 26.0 Å². The largest absolute Gasteiger partial charge is 0.330 e. The van der Waals surface area contributed by atoms with E-state index in [0.29, 0.717) is 0 Å². The molecule has 0 unspecified atom stereocenters. The maximum atomic E-state index is 6.21. The molecular weight excluding hydrogens is 218 g/mol. The van der Waals surface area contributed by atoms with Gasteiger partial charge >= 0.3 is 0 Å². The zero-order valence-electron chi connectivity index (χ0n) is 10.1. The lowest BCUT2D eigenvalue weighted by Gasteiger charge is -2.29. The molecule has 0 aliphatic heterocycles. The maximum Gasteiger partial charge on any atom is 0.0464 e. The lowest BCUT2D eigenvalue weighted by atomic mass is 9.78. The maximum absolute atomic E-state index is 6.21. The average Bonchev–Trinajstić information content (AvgIpc) is 2.75. The number of rotatable bonds is 2. The van der Waals surface area contributed by atoms with Crippen molar-refractivity contribution in [2.75, 3.05) is 6.54 Å². The van der Waals surface area contributed by atoms with Gasteiger partial charge in [-0.05, 0) is 43.4 Å². The van der Waals surface area contributed by atoms with Crippen molar-refractivity contribution in [1.82, 2.24) is 0 Å². The van der Waals surface area contributed by atoms with Gasteiger partial charge < -0.3 is 5.73 Å². The summed E-state index contributed by atoms with van der Waals surface area (Å²) in [7, 11) is 0. The fraction of sp³-hybridized carbons (Fsp3) is 0.571. The highest BCUT2D eigenvalue weighted by atomic mass is 35.5. The van der Waals surface area contributed by atoms with Crippen molar-refractivity contribution in [3.8, 4) is 0 Å². The predicted molar refractivity (Wildman–Crippen MR) is 70.1 cm³/mol. The predicted octanol–water partition coefficient (Wildman–Crippen LogP) is 3.73. The van der Waals surface area contributed by atoms with Crippen molar-refractivity contribution >= 4 is 11.6 Å². The Hall–Kier alpha value is -0.530. The standard InChI is InChI=1S/C14H20ClN/c1-10-7-12(8-11(2)13(10)15)14(9-16)5-3-4-6-14/h7-8H,3-6,9,16H2,1-2H3. The monoisotopic (exact) mass is 237 g/mol. The van der Waals surface area contributed by atoms with E-state index in [1.807, 2.05) is 0 Å². The van der Waals surface area contributed by atoms with Gasteiger partial charge in [0.2, 0.25) is 0 Å². The molecule has 1 nitrogen and oxygen atoms in total. The summed E-state index contributed by atoms with van der Waals surface area (Å²) in [5.41, 5.74) is 9.98. The molecule has 0 spiro atoms. The molecule has 88 valence electrons. The molecule has 2 N–H and O–H groups in total. The first-order valence-electron chi connectivity index (χ1n) is 6.06. The first-order valence-corrected chi connectivity index (χ1v) is 6.44. The lowest BCUT2D eigenvalue weighted by molar-refractivity contribution is 0.452. The summed E-state index contributed by atoms with van der Waals surface area (Å²) in [6, 6.07) is 4.46. The van der Waals surface area contributed by atoms with Gasteiger partial charge in [-0.15, -0.1) is 0 Å². The molecule has 1 aromatic rings. The van der Waals surface area contributed by atoms with Gasteiger partial charge in [0.1, 0.15) is 0 Å². The summed E-state index contributed by atoms with van der Waals surface area (Å²) in [5.74, 6) is 0. The minimum absolute atomic E-state index is 0.222. The second-order valence-electron chi connectivity index (χ2n) is 5.12. The van der Waals surface area contributed by atoms with Gasteiger partial charge in [-0.25, -0.2) is 0 Å². The molecule has 1 aromatic carbocycles. The van der Waals surface area contributed by atoms with Crippen LogP contribution in [-0.4, -0.2) is 6.54 Å². The molecule has 0 atom stereocenters. The van der Waals surface area contributed by atoms with Crippen LogP contribution in [0.4, 0.5) is 0 Å². The number of hydrogen-bond acceptors (Lipinski definition) is 1. The molecule has 0 aromatic heterocycles. The molecule has 0 amide bonds. The Morgan fingerprint density at radius 2 is 1.69 bits per heavy atom. The fourth-order valence-electron chi connectivity index (χ4n) is 2.91. The Morgan fingerprint density at radius 1 is 1.19 bits per heavy atom. The number of halogens is 1. The number of nitrogens with two attached hydrogens (primary N) is 1. The molecule has 0 radical (unpaired) electrons. The van der Waals surface area contributed by atoms with Gasteiger partial charge in [0, 0.05) is 17.0 Å². The van der Waals surface area contributed by atoms with Crippen LogP contribution in [-0.2, 0) is 5.41 Å². The average molecular weight is 238 g/mol. The first-order chi connectivity index (χ1) is 7.59. The van der Waals surface area contributed by atoms with Crippen LogP contribution in [0.3, 0.4) is 0 Å². The first kappa shape index (κ1) is 11.9. The van der Waals surface area contributed by atoms with E-state index in [2.05, 4.69) is 26.0 Å². The molecule has 1 fully saturated rings. The Balaban J connectivity index is 2.47. The smallest absolute Gasteiger partial charge is 0.0464 e. The fourth-order valence-corrected chi connectivity index (χ4v) is 3.02. The third-order valence-electron chi connectivity index (χ3n) is 4.00. The molecule has 2 heteroatoms. The summed E-state index contributed by atoms with van der Waals surface area (Å²) in [5, 5.41) is 0.897. The van der Waals surface area contributed by atoms with E-state index in [1.165, 1.54) is 42.4 Å². The van der Waals surface area contributed by atoms with Crippen molar-refractivity contribution in [2.24, 2.45) is 5.73 Å². The van der Waals surface area contributed by atoms with Crippen molar-refractivity contribution in [1.29, 1.82) is 0 Å². The summed E-state index contributed by atoms with van der Waals surface area (Å²) < 4.78 is 0. The summed E-state index contributed by atoms with van der Waals surface area (Å²) >= 11 is 6.21. The van der Waals surface area contributed by atoms with E-state index in [9.17, 15) is 0 Å². The zero-order chi connectivity index (χ0) is 11.8. The molecular formula is C14H20ClN. The van der Waals surface area contributed by atoms with Crippen LogP contribution in [0.15, 0.2) is 12.1 Å². The second-order valence-corrected chi connectivity index (χ2v) is 5.49. The van der Waals surface area contributed by atoms with Crippen LogP contribution in [0.2, 0.25) is 5.02 Å². The molecule has 0 heterocycles. The Kier molecular flexibility index (Phi) is 3.27. The van der Waals surface area contributed by atoms with Crippen molar-refractivity contribution in [2.45, 2.75) is 44.9 Å². The Morgan fingerprint density at radius 3 is 2.12 bits per heavy atom. The Labute approximate surface area is 103 Å². The third-order valence-corrected chi connectivity index (χ3v) is 4.60. The van der Waals surface area contributed by atoms with Crippen molar-refractivity contribution < 1.29 is 0 Å². The van der Waals surface area contributed by atoms with E-state index in [0.717, 1.165) is 11.6 Å². The van der Waals surface area contributed by atoms with E-state index >= 15 is 0 Å². The molecule has 1 aliphatic carbocycles. The van der Waals surface area contributed by atoms with E-state index < -0.39 is 0 Å². The third kappa shape index (κ3) is 1.87. The summed E-state index contributed by atoms with van der Waals surface area (Å²) in [4.78, 5) is 0. The highest BCUT2D eigenvalue weighted by Crippen LogP contribution is 2.41. The highest BCUT2D eigenvalue weighted by Gasteiger charge is 2.34. The number of hydrogen-bond donors (Lipinski definition) is 1. The summed E-state index contributed by atoms with van der Waals surface area (Å²) in [6.07, 6.45) is 5.06. The number of aryl methyl sites for hydroxylation is 2. The molecule has 2 rings (SSSR count). The van der Waals surface area contributed by atoms with Crippen LogP contribution in [0, 0.1) is 13.8 Å². The molecule has 16 heavy (non-hydrogen) atoms. The minimum Gasteiger partial charge on any atom is -0.330 e. The van der Waals surface area contributed by atoms with Gasteiger partial charge in [-0.3, -0.25) is 0 Å². The number of benzene rings is 1. The normalized spacial score (nSPS) is 19.0. The molecule has 1 saturated carbocycles. The Bertz CT molecular complexity index is 369.